The van der Waals surface area contributed by atoms with Gasteiger partial charge in [0.15, 0.2) is 5.67 Å². The van der Waals surface area contributed by atoms with Gasteiger partial charge in [0.2, 0.25) is 0 Å². The average Bonchev–Trinajstić information content (AvgIpc) is 1.92. The maximum absolute atomic E-state index is 13.7. The maximum atomic E-state index is 13.7. The van der Waals surface area contributed by atoms with Crippen molar-refractivity contribution >= 4 is 21.8 Å². The molecule has 0 atom stereocenters. The fourth-order valence-electron chi connectivity index (χ4n) is 1.27. The third kappa shape index (κ3) is 2.70. The molecule has 86 valence electrons. The van der Waals surface area contributed by atoms with E-state index in [0.717, 1.165) is 4.90 Å². The van der Waals surface area contributed by atoms with E-state index in [2.05, 4.69) is 0 Å². The smallest absolute Gasteiger partial charge is 0.410 e. The summed E-state index contributed by atoms with van der Waals surface area (Å²) in [6, 6.07) is 0. The van der Waals surface area contributed by atoms with Crippen molar-refractivity contribution in [3.05, 3.63) is 0 Å². The number of ether oxygens (including phenoxy) is 1. The summed E-state index contributed by atoms with van der Waals surface area (Å²) >= 11 is 0. The molecule has 0 unspecified atom stereocenters. The molecule has 1 aliphatic rings. The number of halogens is 1. The molecule has 7 heteroatoms. The highest BCUT2D eigenvalue weighted by atomic mass is 19.1. The van der Waals surface area contributed by atoms with Gasteiger partial charge < -0.3 is 14.7 Å². The van der Waals surface area contributed by atoms with Crippen molar-refractivity contribution in [3.63, 3.8) is 0 Å². The number of nitrogens with zero attached hydrogens (tertiary/aromatic N) is 1. The summed E-state index contributed by atoms with van der Waals surface area (Å²) in [5, 5.41) is 6.69. The van der Waals surface area contributed by atoms with Gasteiger partial charge in [0.25, 0.3) is 0 Å². The Bertz CT molecular complexity index is 292. The van der Waals surface area contributed by atoms with Gasteiger partial charge in [-0.2, -0.15) is 0 Å². The molecule has 16 heavy (non-hydrogen) atoms. The zero-order valence-electron chi connectivity index (χ0n) is 9.66. The van der Waals surface area contributed by atoms with Crippen molar-refractivity contribution < 1.29 is 19.0 Å². The minimum Gasteiger partial charge on any atom is -0.444 e. The molecule has 4 nitrogen and oxygen atoms in total. The Morgan fingerprint density at radius 1 is 1.44 bits per heavy atom. The van der Waals surface area contributed by atoms with Gasteiger partial charge in [0.1, 0.15) is 21.3 Å². The lowest BCUT2D eigenvalue weighted by atomic mass is 9.54. The summed E-state index contributed by atoms with van der Waals surface area (Å²) in [5.41, 5.74) is -2.82. The first kappa shape index (κ1) is 13.4. The first-order chi connectivity index (χ1) is 6.95. The van der Waals surface area contributed by atoms with Crippen LogP contribution in [0.3, 0.4) is 0 Å². The number of likely N-dealkylation sites (tertiary alicyclic amines) is 1. The van der Waals surface area contributed by atoms with Gasteiger partial charge in [-0.15, -0.1) is 0 Å². The molecule has 1 heterocycles. The number of hydrogen-bond donors (Lipinski definition) is 1. The van der Waals surface area contributed by atoms with Gasteiger partial charge in [-0.05, 0) is 20.8 Å². The van der Waals surface area contributed by atoms with Crippen LogP contribution in [0.2, 0.25) is 0 Å². The van der Waals surface area contributed by atoms with E-state index in [1.165, 1.54) is 0 Å². The molecule has 1 fully saturated rings. The number of carbonyl (C=O) groups excluding carboxylic acids is 1. The van der Waals surface area contributed by atoms with Gasteiger partial charge in [0.05, 0.1) is 13.1 Å². The molecule has 0 aromatic rings. The number of amides is 1. The first-order valence-electron chi connectivity index (χ1n) is 4.92. The summed E-state index contributed by atoms with van der Waals surface area (Å²) in [5.74, 6) is 0. The normalized spacial score (nSPS) is 20.2. The fourth-order valence-corrected chi connectivity index (χ4v) is 1.27. The molecule has 0 saturated carbocycles. The Hall–Kier alpha value is -0.710. The predicted molar refractivity (Wildman–Crippen MR) is 58.1 cm³/mol. The molecule has 1 saturated heterocycles. The highest BCUT2D eigenvalue weighted by Gasteiger charge is 2.55. The lowest BCUT2D eigenvalue weighted by molar-refractivity contribution is -0.100. The van der Waals surface area contributed by atoms with Crippen molar-refractivity contribution in [1.29, 1.82) is 0 Å². The topological polar surface area (TPSA) is 49.8 Å². The molecule has 0 bridgehead atoms. The van der Waals surface area contributed by atoms with Crippen molar-refractivity contribution in [2.75, 3.05) is 13.1 Å². The monoisotopic (exact) mass is 225 g/mol. The van der Waals surface area contributed by atoms with Gasteiger partial charge >= 0.3 is 6.09 Å². The van der Waals surface area contributed by atoms with E-state index in [4.69, 9.17) is 25.5 Å². The number of aliphatic hydroxyl groups is 1. The lowest BCUT2D eigenvalue weighted by Crippen LogP contribution is -2.72. The van der Waals surface area contributed by atoms with Crippen molar-refractivity contribution in [1.82, 2.24) is 4.90 Å². The Balaban J connectivity index is 2.51. The van der Waals surface area contributed by atoms with Crippen molar-refractivity contribution in [2.45, 2.75) is 37.4 Å². The molecule has 0 aromatic carbocycles. The second-order valence-corrected chi connectivity index (χ2v) is 5.13. The van der Waals surface area contributed by atoms with Crippen molar-refractivity contribution in [2.24, 2.45) is 0 Å². The molecule has 0 aliphatic carbocycles. The largest absolute Gasteiger partial charge is 0.444 e. The quantitative estimate of drug-likeness (QED) is 0.635. The Morgan fingerprint density at radius 3 is 2.19 bits per heavy atom. The van der Waals surface area contributed by atoms with E-state index < -0.39 is 22.8 Å². The van der Waals surface area contributed by atoms with Crippen LogP contribution < -0.4 is 0 Å². The van der Waals surface area contributed by atoms with Crippen LogP contribution in [0.1, 0.15) is 20.8 Å². The lowest BCUT2D eigenvalue weighted by Gasteiger charge is -2.50. The first-order valence-corrected chi connectivity index (χ1v) is 4.92. The van der Waals surface area contributed by atoms with Crippen LogP contribution in [0.15, 0.2) is 0 Å². The second-order valence-electron chi connectivity index (χ2n) is 5.13. The van der Waals surface area contributed by atoms with Crippen LogP contribution in [0, 0.1) is 0 Å². The number of alkyl halides is 1. The van der Waals surface area contributed by atoms with Crippen LogP contribution in [-0.4, -0.2) is 61.6 Å². The van der Waals surface area contributed by atoms with Crippen LogP contribution in [0.25, 0.3) is 0 Å². The van der Waals surface area contributed by atoms with Crippen LogP contribution >= 0.6 is 0 Å². The molecular formula is C9H14B2FNO3. The summed E-state index contributed by atoms with van der Waals surface area (Å²) in [6.07, 6.45) is -0.648. The fraction of sp³-hybridized carbons (Fsp3) is 0.889. The summed E-state index contributed by atoms with van der Waals surface area (Å²) in [6.45, 7) is 4.37. The van der Waals surface area contributed by atoms with E-state index in [-0.39, 0.29) is 13.1 Å². The van der Waals surface area contributed by atoms with E-state index in [9.17, 15) is 9.18 Å². The standard InChI is InChI=1S/C9H14B2FNO3/c1-7(2,3)16-6(14)13-4-8(12,5-13)9(10,11)15/h15H,4-5H2,1-3H3. The van der Waals surface area contributed by atoms with Crippen LogP contribution in [0.5, 0.6) is 0 Å². The summed E-state index contributed by atoms with van der Waals surface area (Å²) in [7, 11) is 10.1. The Labute approximate surface area is 97.0 Å². The van der Waals surface area contributed by atoms with E-state index >= 15 is 0 Å². The Morgan fingerprint density at radius 2 is 1.88 bits per heavy atom. The summed E-state index contributed by atoms with van der Waals surface area (Å²) in [4.78, 5) is 12.5. The molecule has 4 radical (unpaired) electrons. The van der Waals surface area contributed by atoms with E-state index in [1.807, 2.05) is 0 Å². The number of carbonyl (C=O) groups is 1. The summed E-state index contributed by atoms with van der Waals surface area (Å²) < 4.78 is 18.7. The highest BCUT2D eigenvalue weighted by Crippen LogP contribution is 2.33. The van der Waals surface area contributed by atoms with Gasteiger partial charge in [-0.1, -0.05) is 0 Å². The van der Waals surface area contributed by atoms with E-state index in [0.29, 0.717) is 0 Å². The van der Waals surface area contributed by atoms with Crippen molar-refractivity contribution in [3.8, 4) is 0 Å². The minimum atomic E-state index is -2.44. The van der Waals surface area contributed by atoms with Crippen LogP contribution in [-0.2, 0) is 4.74 Å². The molecule has 1 rings (SSSR count). The molecule has 1 aliphatic heterocycles. The van der Waals surface area contributed by atoms with Crippen LogP contribution in [0.4, 0.5) is 9.18 Å². The molecule has 1 amide bonds. The third-order valence-corrected chi connectivity index (χ3v) is 2.25. The third-order valence-electron chi connectivity index (χ3n) is 2.25. The second kappa shape index (κ2) is 3.65. The minimum absolute atomic E-state index is 0.370. The molecule has 1 N–H and O–H groups in total. The zero-order valence-corrected chi connectivity index (χ0v) is 9.66. The molecule has 0 spiro atoms. The Kier molecular flexibility index (Phi) is 3.05. The van der Waals surface area contributed by atoms with E-state index in [1.54, 1.807) is 20.8 Å². The maximum Gasteiger partial charge on any atom is 0.410 e. The van der Waals surface area contributed by atoms with Gasteiger partial charge in [0, 0.05) is 5.40 Å². The average molecular weight is 225 g/mol. The SMILES string of the molecule is [B]C([B])(O)C1(F)CN(C(=O)OC(C)(C)C)C1. The number of rotatable bonds is 1. The van der Waals surface area contributed by atoms with Gasteiger partial charge in [-0.3, -0.25) is 0 Å². The van der Waals surface area contributed by atoms with Gasteiger partial charge in [-0.25, -0.2) is 9.18 Å². The highest BCUT2D eigenvalue weighted by molar-refractivity contribution is 6.40. The predicted octanol–water partition coefficient (Wildman–Crippen LogP) is -0.0715. The molecule has 0 aromatic heterocycles. The molecular weight excluding hydrogens is 211 g/mol. The number of hydrogen-bond acceptors (Lipinski definition) is 3. The zero-order chi connectivity index (χ0) is 12.8.